The van der Waals surface area contributed by atoms with Crippen LogP contribution in [0.2, 0.25) is 10.0 Å². The second-order valence-corrected chi connectivity index (χ2v) is 9.97. The zero-order valence-electron chi connectivity index (χ0n) is 16.9. The molecule has 160 valence electrons. The molecule has 0 N–H and O–H groups in total. The maximum atomic E-state index is 6.09. The first-order valence-corrected chi connectivity index (χ1v) is 12.2. The molecule has 0 aliphatic rings. The van der Waals surface area contributed by atoms with Crippen LogP contribution >= 0.6 is 45.9 Å². The van der Waals surface area contributed by atoms with E-state index < -0.39 is 0 Å². The van der Waals surface area contributed by atoms with Crippen LogP contribution in [-0.2, 0) is 12.8 Å². The summed E-state index contributed by atoms with van der Waals surface area (Å²) in [4.78, 5) is 10.3. The van der Waals surface area contributed by atoms with Crippen molar-refractivity contribution in [3.8, 4) is 21.3 Å². The maximum Gasteiger partial charge on any atom is 0.259 e. The van der Waals surface area contributed by atoms with E-state index in [-0.39, 0.29) is 0 Å². The third kappa shape index (κ3) is 4.76. The summed E-state index contributed by atoms with van der Waals surface area (Å²) in [6, 6.07) is 15.5. The van der Waals surface area contributed by atoms with Crippen molar-refractivity contribution in [2.75, 3.05) is 0 Å². The van der Waals surface area contributed by atoms with Gasteiger partial charge in [-0.05, 0) is 36.8 Å². The molecule has 5 nitrogen and oxygen atoms in total. The van der Waals surface area contributed by atoms with Gasteiger partial charge in [0.1, 0.15) is 9.88 Å². The van der Waals surface area contributed by atoms with Crippen molar-refractivity contribution < 1.29 is 4.42 Å². The Hall–Kier alpha value is -2.58. The van der Waals surface area contributed by atoms with Crippen LogP contribution in [0.3, 0.4) is 0 Å². The van der Waals surface area contributed by atoms with Gasteiger partial charge in [-0.25, -0.2) is 9.97 Å². The lowest BCUT2D eigenvalue weighted by Crippen LogP contribution is -1.88. The molecule has 2 aromatic carbocycles. The normalized spacial score (nSPS) is 11.2. The van der Waals surface area contributed by atoms with E-state index >= 15 is 0 Å². The molecule has 0 saturated carbocycles. The molecule has 9 heteroatoms. The highest BCUT2D eigenvalue weighted by molar-refractivity contribution is 7.15. The van der Waals surface area contributed by atoms with Gasteiger partial charge in [0, 0.05) is 27.4 Å². The summed E-state index contributed by atoms with van der Waals surface area (Å²) >= 11 is 15.2. The lowest BCUT2D eigenvalue weighted by molar-refractivity contribution is 0.517. The molecule has 0 spiro atoms. The smallest absolute Gasteiger partial charge is 0.259 e. The zero-order valence-corrected chi connectivity index (χ0v) is 20.0. The van der Waals surface area contributed by atoms with Gasteiger partial charge in [0.05, 0.1) is 22.8 Å². The van der Waals surface area contributed by atoms with E-state index in [4.69, 9.17) is 27.6 Å². The van der Waals surface area contributed by atoms with Gasteiger partial charge in [-0.3, -0.25) is 0 Å². The first-order valence-electron chi connectivity index (χ1n) is 9.77. The number of hydrogen-bond donors (Lipinski definition) is 0. The summed E-state index contributed by atoms with van der Waals surface area (Å²) in [6.07, 6.45) is 1.20. The van der Waals surface area contributed by atoms with Crippen LogP contribution in [0, 0.1) is 6.92 Å². The Labute approximate surface area is 202 Å². The Morgan fingerprint density at radius 2 is 1.78 bits per heavy atom. The molecule has 0 unspecified atom stereocenters. The Kier molecular flexibility index (Phi) is 6.06. The Morgan fingerprint density at radius 1 is 0.938 bits per heavy atom. The number of thiazole rings is 2. The molecule has 0 amide bonds. The SMILES string of the molecule is Cc1nc(Cc2ccc(Cl)cc2)sc1-c1nnc(Cc2csc(-c3cccc(Cl)c3)n2)o1. The number of hydrogen-bond acceptors (Lipinski definition) is 7. The highest BCUT2D eigenvalue weighted by Gasteiger charge is 2.17. The third-order valence-corrected chi connectivity index (χ3v) is 7.30. The van der Waals surface area contributed by atoms with Gasteiger partial charge >= 0.3 is 0 Å². The molecule has 0 aliphatic heterocycles. The highest BCUT2D eigenvalue weighted by atomic mass is 35.5. The minimum atomic E-state index is 0.472. The summed E-state index contributed by atoms with van der Waals surface area (Å²) in [7, 11) is 0. The van der Waals surface area contributed by atoms with Crippen molar-refractivity contribution in [3.05, 3.63) is 91.8 Å². The molecular weight excluding hydrogens is 483 g/mol. The summed E-state index contributed by atoms with van der Waals surface area (Å²) in [6.45, 7) is 1.96. The second kappa shape index (κ2) is 9.11. The van der Waals surface area contributed by atoms with Crippen LogP contribution in [-0.4, -0.2) is 20.2 Å². The number of benzene rings is 2. The van der Waals surface area contributed by atoms with E-state index in [1.54, 1.807) is 22.7 Å². The molecular formula is C23H16Cl2N4OS2. The molecule has 5 aromatic rings. The summed E-state index contributed by atoms with van der Waals surface area (Å²) in [5.74, 6) is 1.01. The quantitative estimate of drug-likeness (QED) is 0.249. The van der Waals surface area contributed by atoms with Crippen molar-refractivity contribution >= 4 is 45.9 Å². The fourth-order valence-electron chi connectivity index (χ4n) is 3.22. The average Bonchev–Trinajstić information content (AvgIpc) is 3.51. The minimum absolute atomic E-state index is 0.472. The van der Waals surface area contributed by atoms with Gasteiger partial charge in [-0.15, -0.1) is 32.9 Å². The number of aryl methyl sites for hydroxylation is 1. The number of halogens is 2. The van der Waals surface area contributed by atoms with E-state index in [0.717, 1.165) is 48.9 Å². The van der Waals surface area contributed by atoms with E-state index in [1.807, 2.05) is 60.8 Å². The number of aromatic nitrogens is 4. The number of nitrogens with zero attached hydrogens (tertiary/aromatic N) is 4. The van der Waals surface area contributed by atoms with Crippen molar-refractivity contribution in [1.82, 2.24) is 20.2 Å². The summed E-state index contributed by atoms with van der Waals surface area (Å²) in [5.41, 5.74) is 3.91. The van der Waals surface area contributed by atoms with Gasteiger partial charge in [0.15, 0.2) is 0 Å². The predicted molar refractivity (Wildman–Crippen MR) is 130 cm³/mol. The van der Waals surface area contributed by atoms with Crippen LogP contribution in [0.25, 0.3) is 21.3 Å². The zero-order chi connectivity index (χ0) is 22.1. The van der Waals surface area contributed by atoms with Crippen LogP contribution < -0.4 is 0 Å². The van der Waals surface area contributed by atoms with E-state index in [1.165, 1.54) is 0 Å². The molecule has 3 heterocycles. The van der Waals surface area contributed by atoms with Gasteiger partial charge in [-0.1, -0.05) is 47.5 Å². The van der Waals surface area contributed by atoms with Gasteiger partial charge in [0.25, 0.3) is 5.89 Å². The van der Waals surface area contributed by atoms with Gasteiger partial charge < -0.3 is 4.42 Å². The van der Waals surface area contributed by atoms with E-state index in [0.29, 0.717) is 23.2 Å². The molecule has 0 saturated heterocycles. The van der Waals surface area contributed by atoms with Crippen LogP contribution in [0.1, 0.15) is 27.8 Å². The number of rotatable bonds is 6. The monoisotopic (exact) mass is 498 g/mol. The van der Waals surface area contributed by atoms with Crippen LogP contribution in [0.4, 0.5) is 0 Å². The van der Waals surface area contributed by atoms with Crippen molar-refractivity contribution in [2.24, 2.45) is 0 Å². The first-order chi connectivity index (χ1) is 15.5. The molecule has 0 aliphatic carbocycles. The van der Waals surface area contributed by atoms with Crippen LogP contribution in [0.15, 0.2) is 58.3 Å². The Morgan fingerprint density at radius 3 is 2.59 bits per heavy atom. The topological polar surface area (TPSA) is 64.7 Å². The van der Waals surface area contributed by atoms with Crippen LogP contribution in [0.5, 0.6) is 0 Å². The Balaban J connectivity index is 1.31. The molecule has 0 radical (unpaired) electrons. The highest BCUT2D eigenvalue weighted by Crippen LogP contribution is 2.31. The summed E-state index contributed by atoms with van der Waals surface area (Å²) < 4.78 is 5.94. The van der Waals surface area contributed by atoms with E-state index in [2.05, 4.69) is 20.2 Å². The molecule has 0 fully saturated rings. The van der Waals surface area contributed by atoms with E-state index in [9.17, 15) is 0 Å². The average molecular weight is 499 g/mol. The molecule has 32 heavy (non-hydrogen) atoms. The van der Waals surface area contributed by atoms with Crippen molar-refractivity contribution in [3.63, 3.8) is 0 Å². The second-order valence-electron chi connectivity index (χ2n) is 7.16. The van der Waals surface area contributed by atoms with Gasteiger partial charge in [-0.2, -0.15) is 0 Å². The Bertz CT molecular complexity index is 1370. The lowest BCUT2D eigenvalue weighted by atomic mass is 10.2. The minimum Gasteiger partial charge on any atom is -0.419 e. The lowest BCUT2D eigenvalue weighted by Gasteiger charge is -1.97. The predicted octanol–water partition coefficient (Wildman–Crippen LogP) is 7.11. The first kappa shape index (κ1) is 21.3. The maximum absolute atomic E-state index is 6.09. The van der Waals surface area contributed by atoms with Gasteiger partial charge in [0.2, 0.25) is 5.89 Å². The summed E-state index contributed by atoms with van der Waals surface area (Å²) in [5, 5.41) is 13.8. The molecule has 5 rings (SSSR count). The molecule has 0 bridgehead atoms. The fourth-order valence-corrected chi connectivity index (χ4v) is 5.37. The molecule has 3 aromatic heterocycles. The third-order valence-electron chi connectivity index (χ3n) is 4.73. The fraction of sp³-hybridized carbons (Fsp3) is 0.130. The van der Waals surface area contributed by atoms with Crippen molar-refractivity contribution in [1.29, 1.82) is 0 Å². The standard InChI is InChI=1S/C23H16Cl2N4OS2/c1-13-21(32-20(26-13)9-14-5-7-16(24)8-6-14)22-29-28-19(30-22)11-18-12-31-23(27-18)15-3-2-4-17(25)10-15/h2-8,10,12H,9,11H2,1H3. The van der Waals surface area contributed by atoms with Crippen molar-refractivity contribution in [2.45, 2.75) is 19.8 Å². The largest absolute Gasteiger partial charge is 0.419 e. The molecule has 0 atom stereocenters.